The molecule has 6 heteroatoms. The lowest BCUT2D eigenvalue weighted by Crippen LogP contribution is -2.04. The molecule has 0 fully saturated rings. The largest absolute Gasteiger partial charge is 0.477 e. The molecule has 0 spiro atoms. The van der Waals surface area contributed by atoms with Gasteiger partial charge in [0.2, 0.25) is 0 Å². The normalized spacial score (nSPS) is 11.0. The Morgan fingerprint density at radius 2 is 2.09 bits per heavy atom. The standard InChI is InChI=1S/C16H15N3O2S/c1-9-6-12-13(7-10(9)2)19-16(18-12)22-8-11-4-3-5-17-14(11)15(20)21/h3-7H,8H2,1-2H3,(H,18,19)(H,20,21). The van der Waals surface area contributed by atoms with E-state index < -0.39 is 5.97 Å². The van der Waals surface area contributed by atoms with Crippen LogP contribution in [-0.2, 0) is 5.75 Å². The zero-order valence-corrected chi connectivity index (χ0v) is 13.1. The molecule has 0 saturated carbocycles. The number of aromatic amines is 1. The summed E-state index contributed by atoms with van der Waals surface area (Å²) in [5.41, 5.74) is 5.13. The highest BCUT2D eigenvalue weighted by molar-refractivity contribution is 7.98. The molecule has 0 saturated heterocycles. The number of pyridine rings is 1. The van der Waals surface area contributed by atoms with E-state index in [9.17, 15) is 4.79 Å². The number of benzene rings is 1. The van der Waals surface area contributed by atoms with Crippen molar-refractivity contribution >= 4 is 28.8 Å². The van der Waals surface area contributed by atoms with Crippen LogP contribution in [0.4, 0.5) is 0 Å². The molecular formula is C16H15N3O2S. The molecular weight excluding hydrogens is 298 g/mol. The van der Waals surface area contributed by atoms with Gasteiger partial charge in [-0.15, -0.1) is 0 Å². The molecule has 0 aliphatic carbocycles. The van der Waals surface area contributed by atoms with Gasteiger partial charge in [-0.2, -0.15) is 0 Å². The van der Waals surface area contributed by atoms with E-state index in [0.717, 1.165) is 16.2 Å². The van der Waals surface area contributed by atoms with Crippen molar-refractivity contribution in [3.8, 4) is 0 Å². The first-order valence-corrected chi connectivity index (χ1v) is 7.80. The highest BCUT2D eigenvalue weighted by Gasteiger charge is 2.12. The van der Waals surface area contributed by atoms with Crippen LogP contribution in [0, 0.1) is 13.8 Å². The molecule has 0 aliphatic heterocycles. The summed E-state index contributed by atoms with van der Waals surface area (Å²) < 4.78 is 0. The van der Waals surface area contributed by atoms with Crippen molar-refractivity contribution in [1.82, 2.24) is 15.0 Å². The molecule has 0 aliphatic rings. The Balaban J connectivity index is 1.84. The average molecular weight is 313 g/mol. The second-order valence-corrected chi connectivity index (χ2v) is 6.06. The Morgan fingerprint density at radius 1 is 1.32 bits per heavy atom. The number of hydrogen-bond acceptors (Lipinski definition) is 4. The van der Waals surface area contributed by atoms with E-state index >= 15 is 0 Å². The lowest BCUT2D eigenvalue weighted by atomic mass is 10.1. The van der Waals surface area contributed by atoms with Crippen molar-refractivity contribution in [1.29, 1.82) is 0 Å². The number of nitrogens with zero attached hydrogens (tertiary/aromatic N) is 2. The fourth-order valence-electron chi connectivity index (χ4n) is 2.21. The smallest absolute Gasteiger partial charge is 0.354 e. The molecule has 112 valence electrons. The third-order valence-corrected chi connectivity index (χ3v) is 4.46. The number of hydrogen-bond donors (Lipinski definition) is 2. The third kappa shape index (κ3) is 2.82. The van der Waals surface area contributed by atoms with Crippen LogP contribution in [0.5, 0.6) is 0 Å². The number of aromatic nitrogens is 3. The first-order valence-electron chi connectivity index (χ1n) is 6.81. The van der Waals surface area contributed by atoms with Gasteiger partial charge in [0.25, 0.3) is 0 Å². The lowest BCUT2D eigenvalue weighted by Gasteiger charge is -2.02. The van der Waals surface area contributed by atoms with E-state index in [4.69, 9.17) is 5.11 Å². The Morgan fingerprint density at radius 3 is 2.86 bits per heavy atom. The summed E-state index contributed by atoms with van der Waals surface area (Å²) in [6.07, 6.45) is 1.49. The number of imidazole rings is 1. The highest BCUT2D eigenvalue weighted by atomic mass is 32.2. The van der Waals surface area contributed by atoms with Gasteiger partial charge in [-0.3, -0.25) is 0 Å². The number of H-pyrrole nitrogens is 1. The van der Waals surface area contributed by atoms with Crippen molar-refractivity contribution in [2.75, 3.05) is 0 Å². The van der Waals surface area contributed by atoms with Crippen molar-refractivity contribution in [3.63, 3.8) is 0 Å². The number of rotatable bonds is 4. The van der Waals surface area contributed by atoms with E-state index in [-0.39, 0.29) is 5.69 Å². The monoisotopic (exact) mass is 313 g/mol. The quantitative estimate of drug-likeness (QED) is 0.720. The number of carbonyl (C=O) groups is 1. The zero-order chi connectivity index (χ0) is 15.7. The van der Waals surface area contributed by atoms with Crippen LogP contribution in [-0.4, -0.2) is 26.0 Å². The van der Waals surface area contributed by atoms with Gasteiger partial charge in [-0.25, -0.2) is 14.8 Å². The number of aromatic carboxylic acids is 1. The number of thioether (sulfide) groups is 1. The lowest BCUT2D eigenvalue weighted by molar-refractivity contribution is 0.0689. The third-order valence-electron chi connectivity index (χ3n) is 3.53. The predicted molar refractivity (Wildman–Crippen MR) is 86.3 cm³/mol. The summed E-state index contributed by atoms with van der Waals surface area (Å²) >= 11 is 1.47. The molecule has 3 aromatic rings. The minimum absolute atomic E-state index is 0.0952. The SMILES string of the molecule is Cc1cc2nc(SCc3cccnc3C(=O)O)[nH]c2cc1C. The average Bonchev–Trinajstić information content (AvgIpc) is 2.87. The summed E-state index contributed by atoms with van der Waals surface area (Å²) in [5.74, 6) is -0.500. The molecule has 0 atom stereocenters. The minimum atomic E-state index is -1.01. The number of carboxylic acids is 1. The second-order valence-electron chi connectivity index (χ2n) is 5.10. The van der Waals surface area contributed by atoms with Crippen LogP contribution in [0.1, 0.15) is 27.2 Å². The highest BCUT2D eigenvalue weighted by Crippen LogP contribution is 2.25. The van der Waals surface area contributed by atoms with Crippen molar-refractivity contribution in [3.05, 3.63) is 52.8 Å². The molecule has 5 nitrogen and oxygen atoms in total. The van der Waals surface area contributed by atoms with Crippen LogP contribution in [0.2, 0.25) is 0 Å². The first-order chi connectivity index (χ1) is 10.5. The van der Waals surface area contributed by atoms with Crippen LogP contribution in [0.3, 0.4) is 0 Å². The van der Waals surface area contributed by atoms with Crippen LogP contribution in [0.25, 0.3) is 11.0 Å². The van der Waals surface area contributed by atoms with E-state index in [1.54, 1.807) is 12.1 Å². The van der Waals surface area contributed by atoms with Gasteiger partial charge in [0.05, 0.1) is 11.0 Å². The van der Waals surface area contributed by atoms with Gasteiger partial charge in [0, 0.05) is 11.9 Å². The molecule has 0 radical (unpaired) electrons. The van der Waals surface area contributed by atoms with Gasteiger partial charge < -0.3 is 10.1 Å². The Bertz CT molecular complexity index is 819. The van der Waals surface area contributed by atoms with Gasteiger partial charge in [0.1, 0.15) is 0 Å². The maximum atomic E-state index is 11.2. The van der Waals surface area contributed by atoms with Crippen molar-refractivity contribution in [2.45, 2.75) is 24.8 Å². The number of fused-ring (bicyclic) bond motifs is 1. The predicted octanol–water partition coefficient (Wildman–Crippen LogP) is 3.57. The maximum Gasteiger partial charge on any atom is 0.354 e. The van der Waals surface area contributed by atoms with E-state index in [1.165, 1.54) is 29.1 Å². The van der Waals surface area contributed by atoms with Gasteiger partial charge in [-0.05, 0) is 48.7 Å². The fraction of sp³-hybridized carbons (Fsp3) is 0.188. The second kappa shape index (κ2) is 5.81. The molecule has 3 rings (SSSR count). The van der Waals surface area contributed by atoms with Crippen LogP contribution in [0.15, 0.2) is 35.6 Å². The molecule has 0 amide bonds. The summed E-state index contributed by atoms with van der Waals surface area (Å²) in [6.45, 7) is 4.13. The molecule has 2 heterocycles. The molecule has 2 N–H and O–H groups in total. The summed E-state index contributed by atoms with van der Waals surface area (Å²) in [7, 11) is 0. The maximum absolute atomic E-state index is 11.2. The van der Waals surface area contributed by atoms with Crippen molar-refractivity contribution < 1.29 is 9.90 Å². The van der Waals surface area contributed by atoms with Gasteiger partial charge in [0.15, 0.2) is 10.9 Å². The number of carboxylic acid groups (broad SMARTS) is 1. The minimum Gasteiger partial charge on any atom is -0.477 e. The summed E-state index contributed by atoms with van der Waals surface area (Å²) in [5, 5.41) is 9.92. The molecule has 2 aromatic heterocycles. The van der Waals surface area contributed by atoms with E-state index in [0.29, 0.717) is 11.3 Å². The fourth-order valence-corrected chi connectivity index (χ4v) is 3.08. The first kappa shape index (κ1) is 14.6. The Labute approximate surface area is 131 Å². The van der Waals surface area contributed by atoms with Gasteiger partial charge >= 0.3 is 5.97 Å². The molecule has 0 bridgehead atoms. The van der Waals surface area contributed by atoms with E-state index in [2.05, 4.69) is 40.9 Å². The molecule has 22 heavy (non-hydrogen) atoms. The molecule has 0 unspecified atom stereocenters. The van der Waals surface area contributed by atoms with Gasteiger partial charge in [-0.1, -0.05) is 17.8 Å². The molecule has 1 aromatic carbocycles. The Kier molecular flexibility index (Phi) is 3.85. The summed E-state index contributed by atoms with van der Waals surface area (Å²) in [6, 6.07) is 7.65. The Hall–Kier alpha value is -2.34. The van der Waals surface area contributed by atoms with Crippen molar-refractivity contribution in [2.24, 2.45) is 0 Å². The van der Waals surface area contributed by atoms with Crippen LogP contribution >= 0.6 is 11.8 Å². The number of nitrogens with one attached hydrogen (secondary N) is 1. The zero-order valence-electron chi connectivity index (χ0n) is 12.3. The topological polar surface area (TPSA) is 78.9 Å². The summed E-state index contributed by atoms with van der Waals surface area (Å²) in [4.78, 5) is 22.9. The van der Waals surface area contributed by atoms with Crippen LogP contribution < -0.4 is 0 Å². The number of aryl methyl sites for hydroxylation is 2. The van der Waals surface area contributed by atoms with E-state index in [1.807, 2.05) is 0 Å².